The molecule has 0 amide bonds. The van der Waals surface area contributed by atoms with Crippen LogP contribution in [0.3, 0.4) is 0 Å². The van der Waals surface area contributed by atoms with E-state index in [-0.39, 0.29) is 0 Å². The van der Waals surface area contributed by atoms with Crippen LogP contribution in [-0.4, -0.2) is 27.0 Å². The lowest BCUT2D eigenvalue weighted by molar-refractivity contribution is 0.340. The molecule has 0 atom stereocenters. The number of hydrogen-bond donors (Lipinski definition) is 0. The fraction of sp³-hybridized carbons (Fsp3) is 0.375. The lowest BCUT2D eigenvalue weighted by Gasteiger charge is -2.02. The van der Waals surface area contributed by atoms with E-state index in [0.29, 0.717) is 35.3 Å². The van der Waals surface area contributed by atoms with Crippen molar-refractivity contribution in [1.82, 2.24) is 20.4 Å². The Morgan fingerprint density at radius 1 is 1.08 bits per heavy atom. The molecule has 1 fully saturated rings. The topological polar surface area (TPSA) is 87.1 Å². The summed E-state index contributed by atoms with van der Waals surface area (Å²) in [7, 11) is 0. The van der Waals surface area contributed by atoms with E-state index < -0.39 is 0 Å². The van der Waals surface area contributed by atoms with Crippen molar-refractivity contribution in [3.8, 4) is 17.2 Å². The van der Waals surface area contributed by atoms with Crippen molar-refractivity contribution >= 4 is 11.8 Å². The van der Waals surface area contributed by atoms with Crippen LogP contribution in [0.25, 0.3) is 11.5 Å². The van der Waals surface area contributed by atoms with Gasteiger partial charge in [0.05, 0.1) is 12.4 Å². The zero-order valence-corrected chi connectivity index (χ0v) is 14.0. The SMILES string of the molecule is CCOc1ccc(-c2nnc(SCc3nnc(C4CC4)o3)o2)cc1. The Hall–Kier alpha value is -2.35. The molecular weight excluding hydrogens is 328 g/mol. The van der Waals surface area contributed by atoms with Crippen LogP contribution in [-0.2, 0) is 5.75 Å². The lowest BCUT2D eigenvalue weighted by atomic mass is 10.2. The van der Waals surface area contributed by atoms with Crippen molar-refractivity contribution in [2.24, 2.45) is 0 Å². The maximum atomic E-state index is 5.67. The van der Waals surface area contributed by atoms with E-state index >= 15 is 0 Å². The fourth-order valence-corrected chi connectivity index (χ4v) is 2.79. The number of ether oxygens (including phenoxy) is 1. The molecule has 124 valence electrons. The van der Waals surface area contributed by atoms with E-state index in [9.17, 15) is 0 Å². The third-order valence-electron chi connectivity index (χ3n) is 3.55. The molecule has 0 radical (unpaired) electrons. The fourth-order valence-electron chi connectivity index (χ4n) is 2.19. The quantitative estimate of drug-likeness (QED) is 0.600. The summed E-state index contributed by atoms with van der Waals surface area (Å²) < 4.78 is 16.7. The van der Waals surface area contributed by atoms with Crippen LogP contribution in [0.4, 0.5) is 0 Å². The Kier molecular flexibility index (Phi) is 4.20. The number of aromatic nitrogens is 4. The van der Waals surface area contributed by atoms with Gasteiger partial charge in [-0.3, -0.25) is 0 Å². The van der Waals surface area contributed by atoms with Crippen LogP contribution >= 0.6 is 11.8 Å². The molecule has 2 aromatic heterocycles. The largest absolute Gasteiger partial charge is 0.494 e. The summed E-state index contributed by atoms with van der Waals surface area (Å²) in [6.07, 6.45) is 2.29. The Bertz CT molecular complexity index is 811. The Morgan fingerprint density at radius 2 is 1.92 bits per heavy atom. The zero-order valence-electron chi connectivity index (χ0n) is 13.1. The summed E-state index contributed by atoms with van der Waals surface area (Å²) in [6.45, 7) is 2.59. The van der Waals surface area contributed by atoms with E-state index in [1.807, 2.05) is 31.2 Å². The van der Waals surface area contributed by atoms with Crippen LogP contribution in [0.1, 0.15) is 37.5 Å². The maximum absolute atomic E-state index is 5.67. The molecule has 0 unspecified atom stereocenters. The summed E-state index contributed by atoms with van der Waals surface area (Å²) in [4.78, 5) is 0. The first-order valence-electron chi connectivity index (χ1n) is 7.83. The van der Waals surface area contributed by atoms with Crippen molar-refractivity contribution in [3.63, 3.8) is 0 Å². The Morgan fingerprint density at radius 3 is 2.67 bits per heavy atom. The molecule has 1 saturated carbocycles. The molecule has 1 aliphatic rings. The summed E-state index contributed by atoms with van der Waals surface area (Å²) in [6, 6.07) is 7.56. The van der Waals surface area contributed by atoms with Gasteiger partial charge < -0.3 is 13.6 Å². The smallest absolute Gasteiger partial charge is 0.277 e. The van der Waals surface area contributed by atoms with Crippen molar-refractivity contribution < 1.29 is 13.6 Å². The van der Waals surface area contributed by atoms with E-state index in [0.717, 1.165) is 30.0 Å². The van der Waals surface area contributed by atoms with Crippen molar-refractivity contribution in [1.29, 1.82) is 0 Å². The molecule has 1 aliphatic carbocycles. The summed E-state index contributed by atoms with van der Waals surface area (Å²) in [5.74, 6) is 3.60. The van der Waals surface area contributed by atoms with Crippen molar-refractivity contribution in [2.45, 2.75) is 36.7 Å². The van der Waals surface area contributed by atoms with Gasteiger partial charge in [0.2, 0.25) is 17.7 Å². The molecule has 0 bridgehead atoms. The molecule has 3 aromatic rings. The van der Waals surface area contributed by atoms with Gasteiger partial charge in [-0.05, 0) is 44.0 Å². The van der Waals surface area contributed by atoms with Gasteiger partial charge in [0.15, 0.2) is 0 Å². The highest BCUT2D eigenvalue weighted by Gasteiger charge is 2.29. The number of benzene rings is 1. The van der Waals surface area contributed by atoms with Gasteiger partial charge >= 0.3 is 0 Å². The van der Waals surface area contributed by atoms with Gasteiger partial charge in [0.25, 0.3) is 5.22 Å². The van der Waals surface area contributed by atoms with Gasteiger partial charge in [0.1, 0.15) is 5.75 Å². The minimum absolute atomic E-state index is 0.464. The van der Waals surface area contributed by atoms with Crippen LogP contribution in [0, 0.1) is 0 Å². The highest BCUT2D eigenvalue weighted by Crippen LogP contribution is 2.39. The first-order chi connectivity index (χ1) is 11.8. The first-order valence-corrected chi connectivity index (χ1v) is 8.82. The molecule has 0 spiro atoms. The molecule has 24 heavy (non-hydrogen) atoms. The maximum Gasteiger partial charge on any atom is 0.277 e. The molecule has 0 N–H and O–H groups in total. The van der Waals surface area contributed by atoms with Gasteiger partial charge in [-0.15, -0.1) is 20.4 Å². The minimum Gasteiger partial charge on any atom is -0.494 e. The molecule has 0 saturated heterocycles. The number of rotatable bonds is 7. The average molecular weight is 344 g/mol. The Labute approximate surface area is 142 Å². The average Bonchev–Trinajstić information content (AvgIpc) is 3.16. The van der Waals surface area contributed by atoms with Crippen molar-refractivity contribution in [2.75, 3.05) is 6.61 Å². The summed E-state index contributed by atoms with van der Waals surface area (Å²) >= 11 is 1.38. The van der Waals surface area contributed by atoms with E-state index in [1.54, 1.807) is 0 Å². The van der Waals surface area contributed by atoms with Crippen LogP contribution in [0.2, 0.25) is 0 Å². The van der Waals surface area contributed by atoms with Crippen LogP contribution < -0.4 is 4.74 Å². The normalized spacial score (nSPS) is 14.0. The molecular formula is C16H16N4O3S. The second-order valence-electron chi connectivity index (χ2n) is 5.43. The molecule has 1 aromatic carbocycles. The molecule has 0 aliphatic heterocycles. The third kappa shape index (κ3) is 3.43. The molecule has 8 heteroatoms. The Balaban J connectivity index is 1.38. The van der Waals surface area contributed by atoms with E-state index in [4.69, 9.17) is 13.6 Å². The second-order valence-corrected chi connectivity index (χ2v) is 6.35. The van der Waals surface area contributed by atoms with Gasteiger partial charge in [-0.25, -0.2) is 0 Å². The van der Waals surface area contributed by atoms with Gasteiger partial charge in [0, 0.05) is 11.5 Å². The standard InChI is InChI=1S/C16H16N4O3S/c1-2-21-12-7-5-11(6-8-12)15-19-20-16(23-15)24-9-13-17-18-14(22-13)10-3-4-10/h5-8,10H,2-4,9H2,1H3. The first kappa shape index (κ1) is 15.2. The molecule has 2 heterocycles. The third-order valence-corrected chi connectivity index (χ3v) is 4.35. The monoisotopic (exact) mass is 344 g/mol. The van der Waals surface area contributed by atoms with Crippen LogP contribution in [0.5, 0.6) is 5.75 Å². The predicted molar refractivity (Wildman–Crippen MR) is 86.7 cm³/mol. The van der Waals surface area contributed by atoms with E-state index in [1.165, 1.54) is 11.8 Å². The lowest BCUT2D eigenvalue weighted by Crippen LogP contribution is -1.90. The number of nitrogens with zero attached hydrogens (tertiary/aromatic N) is 4. The predicted octanol–water partition coefficient (Wildman–Crippen LogP) is 3.69. The van der Waals surface area contributed by atoms with E-state index in [2.05, 4.69) is 20.4 Å². The van der Waals surface area contributed by atoms with Gasteiger partial charge in [-0.2, -0.15) is 0 Å². The van der Waals surface area contributed by atoms with Crippen molar-refractivity contribution in [3.05, 3.63) is 36.0 Å². The number of hydrogen-bond acceptors (Lipinski definition) is 8. The summed E-state index contributed by atoms with van der Waals surface area (Å²) in [5.41, 5.74) is 0.853. The molecule has 7 nitrogen and oxygen atoms in total. The zero-order chi connectivity index (χ0) is 16.4. The minimum atomic E-state index is 0.464. The van der Waals surface area contributed by atoms with Crippen LogP contribution in [0.15, 0.2) is 38.3 Å². The second kappa shape index (κ2) is 6.64. The highest BCUT2D eigenvalue weighted by molar-refractivity contribution is 7.98. The number of thioether (sulfide) groups is 1. The van der Waals surface area contributed by atoms with Gasteiger partial charge in [-0.1, -0.05) is 11.8 Å². The highest BCUT2D eigenvalue weighted by atomic mass is 32.2. The summed E-state index contributed by atoms with van der Waals surface area (Å²) in [5, 5.41) is 16.7. The molecule has 4 rings (SSSR count).